The molecular formula is C24H25N5OS. The van der Waals surface area contributed by atoms with Crippen molar-refractivity contribution in [1.29, 1.82) is 0 Å². The molecule has 0 N–H and O–H groups in total. The van der Waals surface area contributed by atoms with E-state index in [0.29, 0.717) is 6.54 Å². The molecule has 2 aromatic carbocycles. The lowest BCUT2D eigenvalue weighted by Crippen LogP contribution is -2.31. The lowest BCUT2D eigenvalue weighted by molar-refractivity contribution is -0.130. The van der Waals surface area contributed by atoms with Gasteiger partial charge in [0.15, 0.2) is 5.82 Å². The van der Waals surface area contributed by atoms with Gasteiger partial charge in [0.2, 0.25) is 5.91 Å². The fraction of sp³-hybridized carbons (Fsp3) is 0.292. The summed E-state index contributed by atoms with van der Waals surface area (Å²) < 4.78 is 1.98. The van der Waals surface area contributed by atoms with E-state index in [1.54, 1.807) is 5.51 Å². The van der Waals surface area contributed by atoms with Gasteiger partial charge in [0.1, 0.15) is 12.2 Å². The van der Waals surface area contributed by atoms with Crippen molar-refractivity contribution < 1.29 is 4.79 Å². The minimum Gasteiger partial charge on any atom is -0.371 e. The van der Waals surface area contributed by atoms with Gasteiger partial charge in [0.25, 0.3) is 0 Å². The van der Waals surface area contributed by atoms with Gasteiger partial charge in [0, 0.05) is 37.7 Å². The number of carbonyl (C=O) groups is 1. The number of nitrogens with zero attached hydrogens (tertiary/aromatic N) is 5. The maximum Gasteiger partial charge on any atom is 0.242 e. The van der Waals surface area contributed by atoms with Crippen molar-refractivity contribution in [3.05, 3.63) is 65.0 Å². The van der Waals surface area contributed by atoms with Crippen molar-refractivity contribution >= 4 is 34.0 Å². The van der Waals surface area contributed by atoms with Gasteiger partial charge in [0.05, 0.1) is 16.5 Å². The van der Waals surface area contributed by atoms with E-state index in [9.17, 15) is 4.79 Å². The molecule has 0 aliphatic carbocycles. The molecule has 1 saturated heterocycles. The first-order chi connectivity index (χ1) is 15.2. The Labute approximate surface area is 185 Å². The zero-order chi connectivity index (χ0) is 21.2. The van der Waals surface area contributed by atoms with Crippen molar-refractivity contribution in [2.45, 2.75) is 25.9 Å². The van der Waals surface area contributed by atoms with Crippen molar-refractivity contribution in [2.75, 3.05) is 25.0 Å². The minimum absolute atomic E-state index is 0.0517. The minimum atomic E-state index is 0.0517. The van der Waals surface area contributed by atoms with Crippen LogP contribution in [-0.4, -0.2) is 45.5 Å². The second-order valence-electron chi connectivity index (χ2n) is 7.96. The van der Waals surface area contributed by atoms with Crippen molar-refractivity contribution in [3.8, 4) is 11.5 Å². The van der Waals surface area contributed by atoms with E-state index in [1.807, 2.05) is 46.2 Å². The van der Waals surface area contributed by atoms with E-state index in [4.69, 9.17) is 4.98 Å². The number of aromatic nitrogens is 3. The van der Waals surface area contributed by atoms with Crippen LogP contribution in [0.1, 0.15) is 18.4 Å². The van der Waals surface area contributed by atoms with Gasteiger partial charge in [-0.2, -0.15) is 0 Å². The Balaban J connectivity index is 1.40. The molecule has 0 bridgehead atoms. The summed E-state index contributed by atoms with van der Waals surface area (Å²) in [5.74, 6) is 0.789. The van der Waals surface area contributed by atoms with Crippen LogP contribution in [0.2, 0.25) is 0 Å². The molecule has 0 unspecified atom stereocenters. The Hall–Kier alpha value is -3.19. The van der Waals surface area contributed by atoms with Gasteiger partial charge in [-0.25, -0.2) is 9.97 Å². The number of fused-ring (bicyclic) bond motifs is 1. The first-order valence-electron chi connectivity index (χ1n) is 10.6. The molecule has 7 heteroatoms. The standard InChI is InChI=1S/C24H25N5OS/c1-27(14-18-8-2-4-10-21(18)28-12-6-7-13-28)23(30)15-29-22-11-5-3-9-19(22)26-24(29)20-16-31-17-25-20/h2-5,8-11,16-17H,6-7,12-15H2,1H3. The number of benzene rings is 2. The monoisotopic (exact) mass is 431 g/mol. The Kier molecular flexibility index (Phi) is 5.42. The number of likely N-dealkylation sites (N-methyl/N-ethyl adjacent to an activating group) is 1. The smallest absolute Gasteiger partial charge is 0.242 e. The topological polar surface area (TPSA) is 54.3 Å². The Morgan fingerprint density at radius 2 is 1.87 bits per heavy atom. The summed E-state index contributed by atoms with van der Waals surface area (Å²) in [4.78, 5) is 26.7. The number of thiazole rings is 1. The summed E-state index contributed by atoms with van der Waals surface area (Å²) in [6.07, 6.45) is 2.46. The molecule has 5 rings (SSSR count). The maximum absolute atomic E-state index is 13.3. The summed E-state index contributed by atoms with van der Waals surface area (Å²) in [6, 6.07) is 16.4. The van der Waals surface area contributed by atoms with Gasteiger partial charge in [-0.1, -0.05) is 30.3 Å². The average Bonchev–Trinajstić information content (AvgIpc) is 3.55. The van der Waals surface area contributed by atoms with E-state index in [-0.39, 0.29) is 12.5 Å². The highest BCUT2D eigenvalue weighted by Gasteiger charge is 2.20. The molecule has 0 spiro atoms. The Morgan fingerprint density at radius 3 is 2.68 bits per heavy atom. The molecule has 4 aromatic rings. The molecule has 1 aliphatic rings. The van der Waals surface area contributed by atoms with Crippen molar-refractivity contribution in [3.63, 3.8) is 0 Å². The van der Waals surface area contributed by atoms with Crippen LogP contribution < -0.4 is 4.90 Å². The summed E-state index contributed by atoms with van der Waals surface area (Å²) in [6.45, 7) is 3.00. The molecular weight excluding hydrogens is 406 g/mol. The summed E-state index contributed by atoms with van der Waals surface area (Å²) in [5.41, 5.74) is 6.86. The van der Waals surface area contributed by atoms with Crippen LogP contribution >= 0.6 is 11.3 Å². The largest absolute Gasteiger partial charge is 0.371 e. The first kappa shape index (κ1) is 19.8. The van der Waals surface area contributed by atoms with E-state index in [0.717, 1.165) is 35.6 Å². The second-order valence-corrected chi connectivity index (χ2v) is 8.68. The van der Waals surface area contributed by atoms with Gasteiger partial charge in [-0.15, -0.1) is 11.3 Å². The fourth-order valence-corrected chi connectivity index (χ4v) is 4.80. The van der Waals surface area contributed by atoms with Crippen molar-refractivity contribution in [1.82, 2.24) is 19.4 Å². The number of amides is 1. The van der Waals surface area contributed by atoms with Gasteiger partial charge < -0.3 is 14.4 Å². The summed E-state index contributed by atoms with van der Waals surface area (Å²) in [7, 11) is 1.88. The molecule has 6 nitrogen and oxygen atoms in total. The highest BCUT2D eigenvalue weighted by atomic mass is 32.1. The Bertz CT molecular complexity index is 1190. The normalized spacial score (nSPS) is 13.8. The van der Waals surface area contributed by atoms with Crippen LogP contribution in [0, 0.1) is 0 Å². The third-order valence-corrected chi connectivity index (χ3v) is 6.47. The van der Waals surface area contributed by atoms with E-state index in [1.165, 1.54) is 35.4 Å². The van der Waals surface area contributed by atoms with Crippen LogP contribution in [0.25, 0.3) is 22.6 Å². The number of carbonyl (C=O) groups excluding carboxylic acids is 1. The molecule has 2 aromatic heterocycles. The number of rotatable bonds is 6. The number of hydrogen-bond donors (Lipinski definition) is 0. The SMILES string of the molecule is CN(Cc1ccccc1N1CCCC1)C(=O)Cn1c(-c2cscn2)nc2ccccc21. The molecule has 1 amide bonds. The molecule has 0 saturated carbocycles. The van der Waals surface area contributed by atoms with E-state index < -0.39 is 0 Å². The predicted molar refractivity (Wildman–Crippen MR) is 125 cm³/mol. The lowest BCUT2D eigenvalue weighted by Gasteiger charge is -2.25. The van der Waals surface area contributed by atoms with E-state index >= 15 is 0 Å². The molecule has 1 aliphatic heterocycles. The van der Waals surface area contributed by atoms with Crippen molar-refractivity contribution in [2.24, 2.45) is 0 Å². The lowest BCUT2D eigenvalue weighted by atomic mass is 10.1. The first-order valence-corrected chi connectivity index (χ1v) is 11.6. The highest BCUT2D eigenvalue weighted by Crippen LogP contribution is 2.27. The number of anilines is 1. The number of hydrogen-bond acceptors (Lipinski definition) is 5. The molecule has 31 heavy (non-hydrogen) atoms. The zero-order valence-corrected chi connectivity index (χ0v) is 18.4. The molecule has 3 heterocycles. The van der Waals surface area contributed by atoms with Crippen LogP contribution in [0.4, 0.5) is 5.69 Å². The van der Waals surface area contributed by atoms with Crippen LogP contribution in [-0.2, 0) is 17.9 Å². The zero-order valence-electron chi connectivity index (χ0n) is 17.6. The molecule has 1 fully saturated rings. The Morgan fingerprint density at radius 1 is 1.10 bits per heavy atom. The van der Waals surface area contributed by atoms with Gasteiger partial charge in [-0.05, 0) is 36.6 Å². The molecule has 0 radical (unpaired) electrons. The van der Waals surface area contributed by atoms with Gasteiger partial charge in [-0.3, -0.25) is 4.79 Å². The summed E-state index contributed by atoms with van der Waals surface area (Å²) in [5, 5.41) is 1.97. The average molecular weight is 432 g/mol. The maximum atomic E-state index is 13.3. The van der Waals surface area contributed by atoms with Crippen LogP contribution in [0.15, 0.2) is 59.4 Å². The summed E-state index contributed by atoms with van der Waals surface area (Å²) >= 11 is 1.53. The number of para-hydroxylation sites is 3. The fourth-order valence-electron chi connectivity index (χ4n) is 4.26. The molecule has 0 atom stereocenters. The highest BCUT2D eigenvalue weighted by molar-refractivity contribution is 7.07. The van der Waals surface area contributed by atoms with E-state index in [2.05, 4.69) is 34.1 Å². The van der Waals surface area contributed by atoms with Crippen LogP contribution in [0.3, 0.4) is 0 Å². The molecule has 158 valence electrons. The quantitative estimate of drug-likeness (QED) is 0.454. The second kappa shape index (κ2) is 8.51. The number of imidazole rings is 1. The predicted octanol–water partition coefficient (Wildman–Crippen LogP) is 4.42. The third-order valence-electron chi connectivity index (χ3n) is 5.88. The van der Waals surface area contributed by atoms with Gasteiger partial charge >= 0.3 is 0 Å². The van der Waals surface area contributed by atoms with Crippen LogP contribution in [0.5, 0.6) is 0 Å². The third kappa shape index (κ3) is 3.93.